The first-order valence-corrected chi connectivity index (χ1v) is 7.84. The van der Waals surface area contributed by atoms with Gasteiger partial charge in [-0.15, -0.1) is 0 Å². The van der Waals surface area contributed by atoms with Crippen LogP contribution in [0.25, 0.3) is 0 Å². The van der Waals surface area contributed by atoms with E-state index in [0.717, 1.165) is 25.8 Å². The molecule has 2 amide bonds. The number of hydrogen-bond acceptors (Lipinski definition) is 3. The van der Waals surface area contributed by atoms with Crippen molar-refractivity contribution in [3.8, 4) is 0 Å². The van der Waals surface area contributed by atoms with Gasteiger partial charge in [0.15, 0.2) is 0 Å². The summed E-state index contributed by atoms with van der Waals surface area (Å²) in [7, 11) is 4.06. The van der Waals surface area contributed by atoms with Crippen molar-refractivity contribution in [2.45, 2.75) is 44.7 Å². The number of likely N-dealkylation sites (tertiary alicyclic amines) is 1. The monoisotopic (exact) mass is 297 g/mol. The van der Waals surface area contributed by atoms with Crippen molar-refractivity contribution in [3.63, 3.8) is 0 Å². The molecule has 1 aliphatic carbocycles. The standard InChI is InChI=1S/C15H27N3O3/c1-10-8-18(9-13(10)17(2)3)15(21)16-12-7-5-4-6-11(12)14(19)20/h10-13H,4-9H2,1-3H3,(H,16,21)(H,19,20). The molecule has 6 nitrogen and oxygen atoms in total. The van der Waals surface area contributed by atoms with Crippen molar-refractivity contribution in [1.82, 2.24) is 15.1 Å². The van der Waals surface area contributed by atoms with Crippen LogP contribution >= 0.6 is 0 Å². The molecule has 1 saturated carbocycles. The summed E-state index contributed by atoms with van der Waals surface area (Å²) in [4.78, 5) is 27.7. The van der Waals surface area contributed by atoms with Gasteiger partial charge in [-0.3, -0.25) is 4.79 Å². The zero-order chi connectivity index (χ0) is 15.6. The third-order valence-electron chi connectivity index (χ3n) is 4.92. The first-order valence-electron chi connectivity index (χ1n) is 7.84. The Bertz CT molecular complexity index is 400. The van der Waals surface area contributed by atoms with E-state index in [1.807, 2.05) is 19.0 Å². The number of aliphatic carboxylic acids is 1. The number of amides is 2. The number of nitrogens with zero attached hydrogens (tertiary/aromatic N) is 2. The lowest BCUT2D eigenvalue weighted by Crippen LogP contribution is -2.50. The summed E-state index contributed by atoms with van der Waals surface area (Å²) in [5.74, 6) is -0.791. The van der Waals surface area contributed by atoms with E-state index in [2.05, 4.69) is 17.1 Å². The molecule has 4 atom stereocenters. The smallest absolute Gasteiger partial charge is 0.317 e. The third kappa shape index (κ3) is 3.67. The largest absolute Gasteiger partial charge is 0.481 e. The lowest BCUT2D eigenvalue weighted by Gasteiger charge is -2.31. The highest BCUT2D eigenvalue weighted by atomic mass is 16.4. The molecule has 1 saturated heterocycles. The molecule has 0 radical (unpaired) electrons. The molecule has 2 N–H and O–H groups in total. The second kappa shape index (κ2) is 6.64. The van der Waals surface area contributed by atoms with Gasteiger partial charge >= 0.3 is 12.0 Å². The average molecular weight is 297 g/mol. The highest BCUT2D eigenvalue weighted by Gasteiger charge is 2.37. The highest BCUT2D eigenvalue weighted by molar-refractivity contribution is 5.77. The number of urea groups is 1. The maximum atomic E-state index is 12.4. The van der Waals surface area contributed by atoms with Crippen molar-refractivity contribution in [3.05, 3.63) is 0 Å². The number of rotatable bonds is 3. The van der Waals surface area contributed by atoms with Gasteiger partial charge in [-0.2, -0.15) is 0 Å². The quantitative estimate of drug-likeness (QED) is 0.821. The Labute approximate surface area is 126 Å². The number of nitrogens with one attached hydrogen (secondary N) is 1. The Morgan fingerprint density at radius 3 is 2.43 bits per heavy atom. The normalized spacial score (nSPS) is 33.2. The van der Waals surface area contributed by atoms with Gasteiger partial charge < -0.3 is 20.2 Å². The van der Waals surface area contributed by atoms with Crippen LogP contribution in [0.4, 0.5) is 4.79 Å². The summed E-state index contributed by atoms with van der Waals surface area (Å²) >= 11 is 0. The average Bonchev–Trinajstić information content (AvgIpc) is 2.81. The van der Waals surface area contributed by atoms with Crippen LogP contribution in [-0.4, -0.2) is 66.2 Å². The van der Waals surface area contributed by atoms with Gasteiger partial charge in [0.2, 0.25) is 0 Å². The predicted molar refractivity (Wildman–Crippen MR) is 80.1 cm³/mol. The van der Waals surface area contributed by atoms with E-state index < -0.39 is 11.9 Å². The van der Waals surface area contributed by atoms with Gasteiger partial charge in [0, 0.05) is 25.2 Å². The Kier molecular flexibility index (Phi) is 5.08. The van der Waals surface area contributed by atoms with E-state index in [-0.39, 0.29) is 12.1 Å². The molecule has 2 aliphatic rings. The van der Waals surface area contributed by atoms with Crippen LogP contribution in [0.1, 0.15) is 32.6 Å². The zero-order valence-electron chi connectivity index (χ0n) is 13.2. The van der Waals surface area contributed by atoms with Crippen LogP contribution in [0.3, 0.4) is 0 Å². The fourth-order valence-corrected chi connectivity index (χ4v) is 3.64. The maximum absolute atomic E-state index is 12.4. The first kappa shape index (κ1) is 16.1. The summed E-state index contributed by atoms with van der Waals surface area (Å²) in [5, 5.41) is 12.2. The number of carbonyl (C=O) groups excluding carboxylic acids is 1. The summed E-state index contributed by atoms with van der Waals surface area (Å²) in [6, 6.07) is 0.0409. The molecule has 0 aromatic carbocycles. The molecule has 21 heavy (non-hydrogen) atoms. The van der Waals surface area contributed by atoms with Crippen LogP contribution in [-0.2, 0) is 4.79 Å². The van der Waals surface area contributed by atoms with Crippen LogP contribution in [0.15, 0.2) is 0 Å². The number of hydrogen-bond donors (Lipinski definition) is 2. The van der Waals surface area contributed by atoms with Crippen molar-refractivity contribution in [2.24, 2.45) is 11.8 Å². The van der Waals surface area contributed by atoms with Gasteiger partial charge in [-0.1, -0.05) is 19.8 Å². The third-order valence-corrected chi connectivity index (χ3v) is 4.92. The summed E-state index contributed by atoms with van der Waals surface area (Å²) < 4.78 is 0. The Morgan fingerprint density at radius 2 is 1.86 bits per heavy atom. The van der Waals surface area contributed by atoms with Gasteiger partial charge in [-0.25, -0.2) is 4.79 Å². The van der Waals surface area contributed by atoms with Crippen LogP contribution < -0.4 is 5.32 Å². The lowest BCUT2D eigenvalue weighted by atomic mass is 9.84. The first-order chi connectivity index (χ1) is 9.90. The summed E-state index contributed by atoms with van der Waals surface area (Å²) in [6.45, 7) is 3.60. The molecule has 0 aromatic heterocycles. The van der Waals surface area contributed by atoms with E-state index in [9.17, 15) is 14.7 Å². The minimum Gasteiger partial charge on any atom is -0.481 e. The van der Waals surface area contributed by atoms with Gasteiger partial charge in [0.1, 0.15) is 0 Å². The van der Waals surface area contributed by atoms with Gasteiger partial charge in [0.05, 0.1) is 5.92 Å². The fraction of sp³-hybridized carbons (Fsp3) is 0.867. The summed E-state index contributed by atoms with van der Waals surface area (Å²) in [5.41, 5.74) is 0. The van der Waals surface area contributed by atoms with Gasteiger partial charge in [-0.05, 0) is 32.9 Å². The maximum Gasteiger partial charge on any atom is 0.317 e. The predicted octanol–water partition coefficient (Wildman–Crippen LogP) is 1.22. The van der Waals surface area contributed by atoms with Crippen LogP contribution in [0, 0.1) is 11.8 Å². The van der Waals surface area contributed by atoms with Crippen molar-refractivity contribution in [2.75, 3.05) is 27.2 Å². The number of carboxylic acids is 1. The Morgan fingerprint density at radius 1 is 1.19 bits per heavy atom. The SMILES string of the molecule is CC1CN(C(=O)NC2CCCCC2C(=O)O)CC1N(C)C. The molecule has 6 heteroatoms. The van der Waals surface area contributed by atoms with Crippen molar-refractivity contribution in [1.29, 1.82) is 0 Å². The number of likely N-dealkylation sites (N-methyl/N-ethyl adjacent to an activating group) is 1. The number of carboxylic acid groups (broad SMARTS) is 1. The van der Waals surface area contributed by atoms with Gasteiger partial charge in [0.25, 0.3) is 0 Å². The minimum absolute atomic E-state index is 0.107. The second-order valence-corrected chi connectivity index (χ2v) is 6.70. The summed E-state index contributed by atoms with van der Waals surface area (Å²) in [6.07, 6.45) is 3.36. The molecule has 2 rings (SSSR count). The fourth-order valence-electron chi connectivity index (χ4n) is 3.64. The molecule has 1 heterocycles. The molecular formula is C15H27N3O3. The second-order valence-electron chi connectivity index (χ2n) is 6.70. The lowest BCUT2D eigenvalue weighted by molar-refractivity contribution is -0.143. The molecule has 2 fully saturated rings. The molecule has 0 spiro atoms. The molecule has 1 aliphatic heterocycles. The number of carbonyl (C=O) groups is 2. The molecular weight excluding hydrogens is 270 g/mol. The molecule has 4 unspecified atom stereocenters. The molecule has 0 bridgehead atoms. The Balaban J connectivity index is 1.93. The van der Waals surface area contributed by atoms with Crippen molar-refractivity contribution < 1.29 is 14.7 Å². The minimum atomic E-state index is -0.791. The van der Waals surface area contributed by atoms with E-state index in [0.29, 0.717) is 24.9 Å². The van der Waals surface area contributed by atoms with Crippen LogP contribution in [0.2, 0.25) is 0 Å². The van der Waals surface area contributed by atoms with E-state index in [1.165, 1.54) is 0 Å². The highest BCUT2D eigenvalue weighted by Crippen LogP contribution is 2.26. The van der Waals surface area contributed by atoms with E-state index in [4.69, 9.17) is 0 Å². The Hall–Kier alpha value is -1.30. The van der Waals surface area contributed by atoms with E-state index >= 15 is 0 Å². The van der Waals surface area contributed by atoms with E-state index in [1.54, 1.807) is 0 Å². The van der Waals surface area contributed by atoms with Crippen LogP contribution in [0.5, 0.6) is 0 Å². The topological polar surface area (TPSA) is 72.9 Å². The molecule has 0 aromatic rings. The zero-order valence-corrected chi connectivity index (χ0v) is 13.2. The van der Waals surface area contributed by atoms with Crippen molar-refractivity contribution >= 4 is 12.0 Å². The molecule has 120 valence electrons.